The van der Waals surface area contributed by atoms with Gasteiger partial charge in [-0.1, -0.05) is 36.4 Å². The third-order valence-corrected chi connectivity index (χ3v) is 4.15. The zero-order valence-corrected chi connectivity index (χ0v) is 15.7. The molecular weight excluding hydrogens is 358 g/mol. The van der Waals surface area contributed by atoms with Gasteiger partial charge < -0.3 is 27.4 Å². The van der Waals surface area contributed by atoms with Gasteiger partial charge in [0, 0.05) is 13.1 Å². The Hall–Kier alpha value is -3.39. The van der Waals surface area contributed by atoms with Crippen molar-refractivity contribution < 1.29 is 14.4 Å². The number of nitrogens with one attached hydrogen (secondary N) is 3. The minimum Gasteiger partial charge on any atom is -0.352 e. The number of aryl methyl sites for hydroxylation is 1. The molecule has 0 bridgehead atoms. The lowest BCUT2D eigenvalue weighted by molar-refractivity contribution is -0.116. The molecule has 7 N–H and O–H groups in total. The number of rotatable bonds is 8. The number of carbonyl (C=O) groups is 3. The maximum atomic E-state index is 12.6. The van der Waals surface area contributed by atoms with Crippen LogP contribution < -0.4 is 27.4 Å². The van der Waals surface area contributed by atoms with Gasteiger partial charge in [-0.25, -0.2) is 4.79 Å². The fourth-order valence-corrected chi connectivity index (χ4v) is 2.85. The Morgan fingerprint density at radius 2 is 1.71 bits per heavy atom. The van der Waals surface area contributed by atoms with Crippen LogP contribution in [-0.2, 0) is 4.79 Å². The molecule has 148 valence electrons. The van der Waals surface area contributed by atoms with Gasteiger partial charge in [-0.2, -0.15) is 0 Å². The van der Waals surface area contributed by atoms with E-state index < -0.39 is 12.1 Å². The fraction of sp³-hybridized carbons (Fsp3) is 0.250. The van der Waals surface area contributed by atoms with Gasteiger partial charge in [0.1, 0.15) is 0 Å². The lowest BCUT2D eigenvalue weighted by atomic mass is 9.98. The molecule has 8 nitrogen and oxygen atoms in total. The summed E-state index contributed by atoms with van der Waals surface area (Å²) in [6.45, 7) is 2.54. The molecule has 1 atom stereocenters. The van der Waals surface area contributed by atoms with Gasteiger partial charge in [0.15, 0.2) is 0 Å². The molecule has 0 aliphatic heterocycles. The molecule has 0 aromatic heterocycles. The van der Waals surface area contributed by atoms with E-state index in [0.717, 1.165) is 11.1 Å². The zero-order chi connectivity index (χ0) is 20.5. The molecule has 0 heterocycles. The number of para-hydroxylation sites is 1. The van der Waals surface area contributed by atoms with Crippen LogP contribution in [0.5, 0.6) is 0 Å². The predicted molar refractivity (Wildman–Crippen MR) is 108 cm³/mol. The third-order valence-electron chi connectivity index (χ3n) is 4.15. The molecule has 2 rings (SSSR count). The monoisotopic (exact) mass is 383 g/mol. The van der Waals surface area contributed by atoms with Gasteiger partial charge in [-0.05, 0) is 30.2 Å². The van der Waals surface area contributed by atoms with Crippen LogP contribution in [0.4, 0.5) is 10.5 Å². The summed E-state index contributed by atoms with van der Waals surface area (Å²) in [6, 6.07) is 12.8. The minimum atomic E-state index is -0.720. The molecule has 2 aromatic rings. The Bertz CT molecular complexity index is 853. The molecule has 0 radical (unpaired) electrons. The molecule has 4 amide bonds. The molecule has 2 aromatic carbocycles. The van der Waals surface area contributed by atoms with Crippen molar-refractivity contribution in [1.82, 2.24) is 10.6 Å². The number of anilines is 1. The van der Waals surface area contributed by atoms with E-state index in [2.05, 4.69) is 16.0 Å². The number of benzene rings is 2. The molecule has 0 aliphatic carbocycles. The van der Waals surface area contributed by atoms with E-state index in [1.807, 2.05) is 31.2 Å². The number of amides is 4. The minimum absolute atomic E-state index is 0.0352. The van der Waals surface area contributed by atoms with Crippen molar-refractivity contribution in [3.05, 3.63) is 65.2 Å². The summed E-state index contributed by atoms with van der Waals surface area (Å²) in [5, 5.41) is 8.02. The highest BCUT2D eigenvalue weighted by Crippen LogP contribution is 2.22. The van der Waals surface area contributed by atoms with E-state index in [1.165, 1.54) is 0 Å². The first-order chi connectivity index (χ1) is 13.4. The smallest absolute Gasteiger partial charge is 0.312 e. The Morgan fingerprint density at radius 3 is 2.39 bits per heavy atom. The third kappa shape index (κ3) is 5.82. The maximum Gasteiger partial charge on any atom is 0.312 e. The van der Waals surface area contributed by atoms with Gasteiger partial charge in [-0.3, -0.25) is 9.59 Å². The standard InChI is InChI=1S/C20H25N5O3/c1-13-6-2-3-7-14(13)17(25-20(22)28)12-18(26)24-16-9-5-4-8-15(16)19(27)23-11-10-21/h2-9,17H,10-12,21H2,1H3,(H,23,27)(H,24,26)(H3,22,25,28). The lowest BCUT2D eigenvalue weighted by Crippen LogP contribution is -2.35. The highest BCUT2D eigenvalue weighted by Gasteiger charge is 2.20. The summed E-state index contributed by atoms with van der Waals surface area (Å²) in [4.78, 5) is 36.3. The van der Waals surface area contributed by atoms with Crippen molar-refractivity contribution in [2.24, 2.45) is 11.5 Å². The Morgan fingerprint density at radius 1 is 1.04 bits per heavy atom. The number of hydrogen-bond acceptors (Lipinski definition) is 4. The van der Waals surface area contributed by atoms with Crippen LogP contribution in [0.2, 0.25) is 0 Å². The van der Waals surface area contributed by atoms with Crippen LogP contribution in [0.15, 0.2) is 48.5 Å². The van der Waals surface area contributed by atoms with Crippen LogP contribution in [0, 0.1) is 6.92 Å². The summed E-state index contributed by atoms with van der Waals surface area (Å²) in [6.07, 6.45) is -0.0352. The fourth-order valence-electron chi connectivity index (χ4n) is 2.85. The molecule has 0 aliphatic rings. The molecule has 1 unspecified atom stereocenters. The first-order valence-electron chi connectivity index (χ1n) is 8.91. The Labute approximate surface area is 163 Å². The van der Waals surface area contributed by atoms with E-state index in [0.29, 0.717) is 24.3 Å². The van der Waals surface area contributed by atoms with E-state index in [9.17, 15) is 14.4 Å². The van der Waals surface area contributed by atoms with Crippen LogP contribution >= 0.6 is 0 Å². The quantitative estimate of drug-likeness (QED) is 0.470. The second-order valence-corrected chi connectivity index (χ2v) is 6.26. The normalized spacial score (nSPS) is 11.4. The van der Waals surface area contributed by atoms with Gasteiger partial charge in [0.05, 0.1) is 23.7 Å². The van der Waals surface area contributed by atoms with Gasteiger partial charge >= 0.3 is 6.03 Å². The SMILES string of the molecule is Cc1ccccc1C(CC(=O)Nc1ccccc1C(=O)NCCN)NC(N)=O. The van der Waals surface area contributed by atoms with E-state index in [-0.39, 0.29) is 18.2 Å². The van der Waals surface area contributed by atoms with Crippen LogP contribution in [0.25, 0.3) is 0 Å². The van der Waals surface area contributed by atoms with E-state index in [1.54, 1.807) is 24.3 Å². The lowest BCUT2D eigenvalue weighted by Gasteiger charge is -2.20. The van der Waals surface area contributed by atoms with Gasteiger partial charge in [0.2, 0.25) is 5.91 Å². The first-order valence-corrected chi connectivity index (χ1v) is 8.91. The Balaban J connectivity index is 2.16. The highest BCUT2D eigenvalue weighted by atomic mass is 16.2. The largest absolute Gasteiger partial charge is 0.352 e. The van der Waals surface area contributed by atoms with Crippen LogP contribution in [0.3, 0.4) is 0 Å². The van der Waals surface area contributed by atoms with Crippen molar-refractivity contribution in [2.45, 2.75) is 19.4 Å². The summed E-state index contributed by atoms with van der Waals surface area (Å²) in [7, 11) is 0. The number of hydrogen-bond donors (Lipinski definition) is 5. The van der Waals surface area contributed by atoms with E-state index in [4.69, 9.17) is 11.5 Å². The molecule has 0 saturated carbocycles. The average molecular weight is 383 g/mol. The zero-order valence-electron chi connectivity index (χ0n) is 15.7. The van der Waals surface area contributed by atoms with Gasteiger partial charge in [-0.15, -0.1) is 0 Å². The average Bonchev–Trinajstić information content (AvgIpc) is 2.66. The van der Waals surface area contributed by atoms with Crippen molar-refractivity contribution in [2.75, 3.05) is 18.4 Å². The van der Waals surface area contributed by atoms with Crippen LogP contribution in [-0.4, -0.2) is 30.9 Å². The van der Waals surface area contributed by atoms with Gasteiger partial charge in [0.25, 0.3) is 5.91 Å². The van der Waals surface area contributed by atoms with Crippen molar-refractivity contribution in [1.29, 1.82) is 0 Å². The number of urea groups is 1. The van der Waals surface area contributed by atoms with Crippen molar-refractivity contribution in [3.8, 4) is 0 Å². The molecule has 0 saturated heterocycles. The molecule has 0 spiro atoms. The number of primary amides is 1. The highest BCUT2D eigenvalue weighted by molar-refractivity contribution is 6.03. The maximum absolute atomic E-state index is 12.6. The molecular formula is C20H25N5O3. The van der Waals surface area contributed by atoms with Crippen molar-refractivity contribution in [3.63, 3.8) is 0 Å². The summed E-state index contributed by atoms with van der Waals surface area (Å²) in [5.74, 6) is -0.687. The first kappa shape index (κ1) is 20.9. The summed E-state index contributed by atoms with van der Waals surface area (Å²) < 4.78 is 0. The second kappa shape index (κ2) is 10.1. The predicted octanol–water partition coefficient (Wildman–Crippen LogP) is 1.42. The summed E-state index contributed by atoms with van der Waals surface area (Å²) >= 11 is 0. The van der Waals surface area contributed by atoms with Crippen molar-refractivity contribution >= 4 is 23.5 Å². The second-order valence-electron chi connectivity index (χ2n) is 6.26. The Kier molecular flexibility index (Phi) is 7.53. The molecule has 8 heteroatoms. The number of nitrogens with two attached hydrogens (primary N) is 2. The van der Waals surface area contributed by atoms with Crippen LogP contribution in [0.1, 0.15) is 33.9 Å². The van der Waals surface area contributed by atoms with E-state index >= 15 is 0 Å². The molecule has 28 heavy (non-hydrogen) atoms. The summed E-state index contributed by atoms with van der Waals surface area (Å²) in [5.41, 5.74) is 13.1. The topological polar surface area (TPSA) is 139 Å². The molecule has 0 fully saturated rings. The number of carbonyl (C=O) groups excluding carboxylic acids is 3.